The second kappa shape index (κ2) is 5.30. The Kier molecular flexibility index (Phi) is 3.52. The van der Waals surface area contributed by atoms with Crippen molar-refractivity contribution < 1.29 is 0 Å². The first-order valence-electron chi connectivity index (χ1n) is 7.36. The Morgan fingerprint density at radius 2 is 2.11 bits per heavy atom. The summed E-state index contributed by atoms with van der Waals surface area (Å²) in [6.07, 6.45) is 5.83. The summed E-state index contributed by atoms with van der Waals surface area (Å²) in [7, 11) is 0. The molecule has 0 N–H and O–H groups in total. The van der Waals surface area contributed by atoms with E-state index in [9.17, 15) is 0 Å². The molecule has 0 unspecified atom stereocenters. The molecule has 2 aromatic rings. The van der Waals surface area contributed by atoms with Crippen molar-refractivity contribution in [2.24, 2.45) is 0 Å². The molecule has 0 spiro atoms. The average molecular weight is 254 g/mol. The Morgan fingerprint density at radius 3 is 2.95 bits per heavy atom. The Hall–Kier alpha value is -1.41. The maximum absolute atomic E-state index is 4.41. The summed E-state index contributed by atoms with van der Waals surface area (Å²) in [5.41, 5.74) is 2.55. The minimum Gasteiger partial charge on any atom is -0.294 e. The van der Waals surface area contributed by atoms with Gasteiger partial charge in [-0.2, -0.15) is 0 Å². The van der Waals surface area contributed by atoms with E-state index in [0.717, 1.165) is 5.52 Å². The largest absolute Gasteiger partial charge is 0.294 e. The van der Waals surface area contributed by atoms with E-state index >= 15 is 0 Å². The van der Waals surface area contributed by atoms with Crippen LogP contribution in [0.5, 0.6) is 0 Å². The molecule has 1 atom stereocenters. The number of nitrogens with zero attached hydrogens (tertiary/aromatic N) is 2. The lowest BCUT2D eigenvalue weighted by atomic mass is 9.93. The Morgan fingerprint density at radius 1 is 1.21 bits per heavy atom. The monoisotopic (exact) mass is 254 g/mol. The number of likely N-dealkylation sites (tertiary alicyclic amines) is 1. The van der Waals surface area contributed by atoms with Crippen LogP contribution in [-0.4, -0.2) is 22.5 Å². The van der Waals surface area contributed by atoms with Crippen molar-refractivity contribution in [1.82, 2.24) is 9.88 Å². The van der Waals surface area contributed by atoms with Gasteiger partial charge in [0.1, 0.15) is 0 Å². The minimum absolute atomic E-state index is 0.582. The number of rotatable bonds is 2. The van der Waals surface area contributed by atoms with Crippen LogP contribution >= 0.6 is 0 Å². The SMILES string of the molecule is CC(C)N1CCCC[C@@H]1c1ccc2ncccc2c1. The van der Waals surface area contributed by atoms with Crippen LogP contribution in [0, 0.1) is 0 Å². The first kappa shape index (κ1) is 12.6. The molecule has 1 aliphatic heterocycles. The van der Waals surface area contributed by atoms with E-state index in [1.165, 1.54) is 36.8 Å². The standard InChI is InChI=1S/C17H22N2/c1-13(2)19-11-4-3-7-17(19)15-8-9-16-14(12-15)6-5-10-18-16/h5-6,8-10,12-13,17H,3-4,7,11H2,1-2H3/t17-/m1/s1. The van der Waals surface area contributed by atoms with Crippen molar-refractivity contribution >= 4 is 10.9 Å². The van der Waals surface area contributed by atoms with Gasteiger partial charge in [0, 0.05) is 23.7 Å². The molecule has 2 heterocycles. The first-order valence-corrected chi connectivity index (χ1v) is 7.36. The minimum atomic E-state index is 0.582. The van der Waals surface area contributed by atoms with Gasteiger partial charge >= 0.3 is 0 Å². The summed E-state index contributed by atoms with van der Waals surface area (Å²) in [4.78, 5) is 7.05. The maximum atomic E-state index is 4.41. The highest BCUT2D eigenvalue weighted by molar-refractivity contribution is 5.79. The molecule has 100 valence electrons. The van der Waals surface area contributed by atoms with Crippen LogP contribution in [0.15, 0.2) is 36.5 Å². The number of hydrogen-bond acceptors (Lipinski definition) is 2. The molecular weight excluding hydrogens is 232 g/mol. The van der Waals surface area contributed by atoms with Gasteiger partial charge in [-0.3, -0.25) is 9.88 Å². The number of hydrogen-bond donors (Lipinski definition) is 0. The third-order valence-electron chi connectivity index (χ3n) is 4.22. The summed E-state index contributed by atoms with van der Waals surface area (Å²) in [6, 6.07) is 12.1. The van der Waals surface area contributed by atoms with Gasteiger partial charge in [0.2, 0.25) is 0 Å². The molecule has 1 fully saturated rings. The van der Waals surface area contributed by atoms with Gasteiger partial charge in [-0.15, -0.1) is 0 Å². The van der Waals surface area contributed by atoms with Gasteiger partial charge in [0.05, 0.1) is 5.52 Å². The van der Waals surface area contributed by atoms with Gasteiger partial charge in [0.15, 0.2) is 0 Å². The van der Waals surface area contributed by atoms with Crippen LogP contribution in [0.3, 0.4) is 0 Å². The van der Waals surface area contributed by atoms with E-state index in [1.54, 1.807) is 0 Å². The highest BCUT2D eigenvalue weighted by Crippen LogP contribution is 2.33. The molecule has 3 rings (SSSR count). The fourth-order valence-corrected chi connectivity index (χ4v) is 3.23. The van der Waals surface area contributed by atoms with Crippen molar-refractivity contribution in [2.45, 2.75) is 45.2 Å². The molecular formula is C17H22N2. The predicted molar refractivity (Wildman–Crippen MR) is 80.2 cm³/mol. The van der Waals surface area contributed by atoms with Gasteiger partial charge < -0.3 is 0 Å². The number of benzene rings is 1. The zero-order valence-corrected chi connectivity index (χ0v) is 11.8. The number of piperidine rings is 1. The highest BCUT2D eigenvalue weighted by Gasteiger charge is 2.25. The van der Waals surface area contributed by atoms with Gasteiger partial charge in [-0.25, -0.2) is 0 Å². The summed E-state index contributed by atoms with van der Waals surface area (Å²) in [5.74, 6) is 0. The normalized spacial score (nSPS) is 21.1. The average Bonchev–Trinajstić information content (AvgIpc) is 2.46. The van der Waals surface area contributed by atoms with Crippen molar-refractivity contribution in [1.29, 1.82) is 0 Å². The maximum Gasteiger partial charge on any atom is 0.0702 e. The quantitative estimate of drug-likeness (QED) is 0.799. The van der Waals surface area contributed by atoms with Crippen molar-refractivity contribution in [3.05, 3.63) is 42.1 Å². The summed E-state index contributed by atoms with van der Waals surface area (Å²) in [5, 5.41) is 1.26. The second-order valence-corrected chi connectivity index (χ2v) is 5.80. The molecule has 0 bridgehead atoms. The van der Waals surface area contributed by atoms with E-state index in [1.807, 2.05) is 12.3 Å². The second-order valence-electron chi connectivity index (χ2n) is 5.80. The van der Waals surface area contributed by atoms with Crippen LogP contribution in [0.4, 0.5) is 0 Å². The smallest absolute Gasteiger partial charge is 0.0702 e. The topological polar surface area (TPSA) is 16.1 Å². The zero-order chi connectivity index (χ0) is 13.2. The molecule has 19 heavy (non-hydrogen) atoms. The van der Waals surface area contributed by atoms with E-state index in [4.69, 9.17) is 0 Å². The molecule has 2 nitrogen and oxygen atoms in total. The molecule has 1 aromatic carbocycles. The van der Waals surface area contributed by atoms with E-state index in [0.29, 0.717) is 12.1 Å². The van der Waals surface area contributed by atoms with Crippen LogP contribution in [0.1, 0.15) is 44.7 Å². The zero-order valence-electron chi connectivity index (χ0n) is 11.8. The third kappa shape index (κ3) is 2.50. The molecule has 1 aliphatic rings. The lowest BCUT2D eigenvalue weighted by Crippen LogP contribution is -2.38. The molecule has 0 amide bonds. The fraction of sp³-hybridized carbons (Fsp3) is 0.471. The van der Waals surface area contributed by atoms with Crippen molar-refractivity contribution in [3.8, 4) is 0 Å². The van der Waals surface area contributed by atoms with Crippen LogP contribution in [0.25, 0.3) is 10.9 Å². The Balaban J connectivity index is 1.97. The number of fused-ring (bicyclic) bond motifs is 1. The fourth-order valence-electron chi connectivity index (χ4n) is 3.23. The lowest BCUT2D eigenvalue weighted by molar-refractivity contribution is 0.112. The molecule has 0 saturated carbocycles. The first-order chi connectivity index (χ1) is 9.25. The van der Waals surface area contributed by atoms with E-state index in [-0.39, 0.29) is 0 Å². The highest BCUT2D eigenvalue weighted by atomic mass is 15.2. The molecule has 0 aliphatic carbocycles. The number of pyridine rings is 1. The Bertz CT molecular complexity index is 562. The van der Waals surface area contributed by atoms with Gasteiger partial charge in [-0.1, -0.05) is 18.6 Å². The third-order valence-corrected chi connectivity index (χ3v) is 4.22. The van der Waals surface area contributed by atoms with Gasteiger partial charge in [-0.05, 0) is 57.0 Å². The molecule has 2 heteroatoms. The Labute approximate surface area is 115 Å². The van der Waals surface area contributed by atoms with Crippen molar-refractivity contribution in [2.75, 3.05) is 6.54 Å². The molecule has 1 saturated heterocycles. The molecule has 0 radical (unpaired) electrons. The predicted octanol–water partition coefficient (Wildman–Crippen LogP) is 4.17. The van der Waals surface area contributed by atoms with E-state index in [2.05, 4.69) is 48.0 Å². The van der Waals surface area contributed by atoms with Crippen LogP contribution < -0.4 is 0 Å². The van der Waals surface area contributed by atoms with Gasteiger partial charge in [0.25, 0.3) is 0 Å². The summed E-state index contributed by atoms with van der Waals surface area (Å²) in [6.45, 7) is 5.84. The summed E-state index contributed by atoms with van der Waals surface area (Å²) < 4.78 is 0. The number of aromatic nitrogens is 1. The lowest BCUT2D eigenvalue weighted by Gasteiger charge is -2.39. The van der Waals surface area contributed by atoms with Crippen molar-refractivity contribution in [3.63, 3.8) is 0 Å². The molecule has 1 aromatic heterocycles. The van der Waals surface area contributed by atoms with E-state index < -0.39 is 0 Å². The summed E-state index contributed by atoms with van der Waals surface area (Å²) >= 11 is 0. The van der Waals surface area contributed by atoms with Crippen LogP contribution in [-0.2, 0) is 0 Å². The van der Waals surface area contributed by atoms with Crippen LogP contribution in [0.2, 0.25) is 0 Å².